The van der Waals surface area contributed by atoms with Crippen molar-refractivity contribution in [2.75, 3.05) is 0 Å². The fraction of sp³-hybridized carbons (Fsp3) is 0.0526. The molecule has 106 valence electrons. The number of diazo groups is 1. The molecule has 22 heavy (non-hydrogen) atoms. The smallest absolute Gasteiger partial charge is 0.385 e. The second-order valence-electron chi connectivity index (χ2n) is 4.95. The number of benzene rings is 3. The number of nitrogens with zero attached hydrogens (tertiary/aromatic N) is 2. The molecule has 0 aliphatic carbocycles. The van der Waals surface area contributed by atoms with Crippen LogP contribution in [-0.4, -0.2) is 0 Å². The van der Waals surface area contributed by atoms with Crippen molar-refractivity contribution >= 4 is 5.69 Å². The summed E-state index contributed by atoms with van der Waals surface area (Å²) < 4.78 is 5.84. The van der Waals surface area contributed by atoms with Gasteiger partial charge in [0.15, 0.2) is 4.98 Å². The van der Waals surface area contributed by atoms with Gasteiger partial charge in [-0.05, 0) is 28.8 Å². The second kappa shape index (κ2) is 6.55. The van der Waals surface area contributed by atoms with Crippen LogP contribution in [0.1, 0.15) is 5.56 Å². The van der Waals surface area contributed by atoms with Crippen LogP contribution in [0.2, 0.25) is 0 Å². The lowest BCUT2D eigenvalue weighted by atomic mass is 10.1. The summed E-state index contributed by atoms with van der Waals surface area (Å²) in [6, 6.07) is 25.4. The predicted molar refractivity (Wildman–Crippen MR) is 87.4 cm³/mol. The lowest BCUT2D eigenvalue weighted by Gasteiger charge is -2.08. The third-order valence-electron chi connectivity index (χ3n) is 3.38. The first-order valence-corrected chi connectivity index (χ1v) is 7.07. The molecular formula is C19H15N2O+. The molecule has 0 heterocycles. The van der Waals surface area contributed by atoms with E-state index in [0.29, 0.717) is 12.3 Å². The summed E-state index contributed by atoms with van der Waals surface area (Å²) in [7, 11) is 0. The van der Waals surface area contributed by atoms with Crippen LogP contribution in [0.4, 0.5) is 5.69 Å². The van der Waals surface area contributed by atoms with E-state index in [1.54, 1.807) is 6.07 Å². The fourth-order valence-electron chi connectivity index (χ4n) is 2.25. The predicted octanol–water partition coefficient (Wildman–Crippen LogP) is 5.42. The molecule has 3 nitrogen and oxygen atoms in total. The average Bonchev–Trinajstić information content (AvgIpc) is 2.61. The third-order valence-corrected chi connectivity index (χ3v) is 3.38. The summed E-state index contributed by atoms with van der Waals surface area (Å²) in [6.07, 6.45) is 0. The van der Waals surface area contributed by atoms with Gasteiger partial charge in [0.1, 0.15) is 12.4 Å². The molecule has 0 unspecified atom stereocenters. The van der Waals surface area contributed by atoms with Crippen LogP contribution in [0.25, 0.3) is 16.1 Å². The van der Waals surface area contributed by atoms with Gasteiger partial charge in [-0.1, -0.05) is 54.6 Å². The van der Waals surface area contributed by atoms with E-state index in [-0.39, 0.29) is 0 Å². The van der Waals surface area contributed by atoms with E-state index in [1.165, 1.54) is 0 Å². The maximum atomic E-state index is 8.87. The van der Waals surface area contributed by atoms with Gasteiger partial charge in [-0.3, -0.25) is 0 Å². The molecule has 3 aromatic carbocycles. The van der Waals surface area contributed by atoms with E-state index in [4.69, 9.17) is 10.1 Å². The minimum atomic E-state index is 0.535. The van der Waals surface area contributed by atoms with Gasteiger partial charge >= 0.3 is 5.69 Å². The minimum absolute atomic E-state index is 0.535. The Labute approximate surface area is 129 Å². The Morgan fingerprint density at radius 3 is 2.27 bits per heavy atom. The second-order valence-corrected chi connectivity index (χ2v) is 4.95. The van der Waals surface area contributed by atoms with Gasteiger partial charge in [0.25, 0.3) is 0 Å². The number of hydrogen-bond donors (Lipinski definition) is 0. The molecule has 0 saturated heterocycles. The van der Waals surface area contributed by atoms with Crippen LogP contribution >= 0.6 is 0 Å². The van der Waals surface area contributed by atoms with Crippen LogP contribution in [0.3, 0.4) is 0 Å². The minimum Gasteiger partial charge on any atom is -0.489 e. The van der Waals surface area contributed by atoms with Gasteiger partial charge < -0.3 is 4.74 Å². The molecule has 3 aromatic rings. The zero-order valence-corrected chi connectivity index (χ0v) is 12.0. The largest absolute Gasteiger partial charge is 0.489 e. The first-order valence-electron chi connectivity index (χ1n) is 7.07. The molecule has 0 saturated carbocycles. The zero-order valence-electron chi connectivity index (χ0n) is 12.0. The summed E-state index contributed by atoms with van der Waals surface area (Å²) in [5.41, 5.74) is 3.68. The van der Waals surface area contributed by atoms with Crippen molar-refractivity contribution in [3.8, 4) is 16.9 Å². The molecule has 0 fully saturated rings. The van der Waals surface area contributed by atoms with E-state index < -0.39 is 0 Å². The van der Waals surface area contributed by atoms with Crippen molar-refractivity contribution < 1.29 is 4.74 Å². The molecule has 3 heteroatoms. The summed E-state index contributed by atoms with van der Waals surface area (Å²) in [5, 5.41) is 8.87. The molecule has 0 amide bonds. The topological polar surface area (TPSA) is 37.4 Å². The number of ether oxygens (including phenoxy) is 1. The highest BCUT2D eigenvalue weighted by Crippen LogP contribution is 2.27. The van der Waals surface area contributed by atoms with E-state index >= 15 is 0 Å². The summed E-state index contributed by atoms with van der Waals surface area (Å²) >= 11 is 0. The Bertz CT molecular complexity index is 807. The van der Waals surface area contributed by atoms with E-state index in [0.717, 1.165) is 22.4 Å². The van der Waals surface area contributed by atoms with Crippen LogP contribution in [0.5, 0.6) is 5.75 Å². The monoisotopic (exact) mass is 287 g/mol. The molecule has 0 N–H and O–H groups in total. The molecule has 0 aliphatic heterocycles. The van der Waals surface area contributed by atoms with Crippen LogP contribution in [0.15, 0.2) is 78.9 Å². The van der Waals surface area contributed by atoms with Gasteiger partial charge in [-0.15, -0.1) is 0 Å². The molecule has 0 radical (unpaired) electrons. The van der Waals surface area contributed by atoms with E-state index in [9.17, 15) is 0 Å². The van der Waals surface area contributed by atoms with Crippen molar-refractivity contribution in [2.24, 2.45) is 0 Å². The van der Waals surface area contributed by atoms with Crippen LogP contribution in [-0.2, 0) is 6.61 Å². The molecular weight excluding hydrogens is 272 g/mol. The highest BCUT2D eigenvalue weighted by atomic mass is 16.5. The third kappa shape index (κ3) is 3.31. The molecule has 0 aliphatic rings. The normalized spacial score (nSPS) is 9.95. The van der Waals surface area contributed by atoms with Crippen molar-refractivity contribution in [3.05, 3.63) is 89.4 Å². The van der Waals surface area contributed by atoms with Gasteiger partial charge in [-0.2, -0.15) is 0 Å². The molecule has 0 bridgehead atoms. The molecule has 3 rings (SSSR count). The first kappa shape index (κ1) is 13.8. The summed E-state index contributed by atoms with van der Waals surface area (Å²) in [5.74, 6) is 0.813. The Hall–Kier alpha value is -3.12. The highest BCUT2D eigenvalue weighted by molar-refractivity contribution is 5.69. The summed E-state index contributed by atoms with van der Waals surface area (Å²) in [6.45, 7) is 0.538. The number of hydrogen-bond acceptors (Lipinski definition) is 2. The Morgan fingerprint density at radius 2 is 1.50 bits per heavy atom. The lowest BCUT2D eigenvalue weighted by molar-refractivity contribution is 0.306. The van der Waals surface area contributed by atoms with E-state index in [2.05, 4.69) is 4.98 Å². The van der Waals surface area contributed by atoms with Crippen molar-refractivity contribution in [2.45, 2.75) is 6.61 Å². The number of rotatable bonds is 4. The lowest BCUT2D eigenvalue weighted by Crippen LogP contribution is -1.94. The first-order chi connectivity index (χ1) is 10.8. The van der Waals surface area contributed by atoms with Crippen LogP contribution < -0.4 is 4.74 Å². The Kier molecular flexibility index (Phi) is 4.12. The highest BCUT2D eigenvalue weighted by Gasteiger charge is 2.07. The standard InChI is InChI=1S/C19H15N2O/c20-21-18-10-4-8-16(12-18)17-9-5-11-19(13-17)22-14-15-6-2-1-3-7-15/h1-13H,14H2/q+1. The summed E-state index contributed by atoms with van der Waals surface area (Å²) in [4.78, 5) is 3.22. The SMILES string of the molecule is N#[N+]c1cccc(-c2cccc(OCc3ccccc3)c2)c1. The molecule has 0 aromatic heterocycles. The maximum absolute atomic E-state index is 8.87. The van der Waals surface area contributed by atoms with Crippen LogP contribution in [0, 0.1) is 5.39 Å². The van der Waals surface area contributed by atoms with Crippen molar-refractivity contribution in [1.29, 1.82) is 5.39 Å². The van der Waals surface area contributed by atoms with Gasteiger partial charge in [0, 0.05) is 12.1 Å². The van der Waals surface area contributed by atoms with Gasteiger partial charge in [0.2, 0.25) is 5.39 Å². The average molecular weight is 287 g/mol. The zero-order chi connectivity index (χ0) is 15.2. The van der Waals surface area contributed by atoms with Crippen molar-refractivity contribution in [1.82, 2.24) is 0 Å². The van der Waals surface area contributed by atoms with E-state index in [1.807, 2.05) is 72.8 Å². The molecule has 0 spiro atoms. The van der Waals surface area contributed by atoms with Crippen molar-refractivity contribution in [3.63, 3.8) is 0 Å². The maximum Gasteiger partial charge on any atom is 0.385 e. The quantitative estimate of drug-likeness (QED) is 0.601. The van der Waals surface area contributed by atoms with Gasteiger partial charge in [-0.25, -0.2) is 0 Å². The Balaban J connectivity index is 1.79. The Morgan fingerprint density at radius 1 is 0.773 bits per heavy atom. The fourth-order valence-corrected chi connectivity index (χ4v) is 2.25. The molecule has 0 atom stereocenters. The van der Waals surface area contributed by atoms with Gasteiger partial charge in [0.05, 0.1) is 0 Å².